The molecule has 0 bridgehead atoms. The van der Waals surface area contributed by atoms with Crippen molar-refractivity contribution >= 4 is 11.9 Å². The molecule has 0 saturated carbocycles. The smallest absolute Gasteiger partial charge is 0.308 e. The van der Waals surface area contributed by atoms with Crippen molar-refractivity contribution < 1.29 is 19.1 Å². The Morgan fingerprint density at radius 1 is 1.14 bits per heavy atom. The highest BCUT2D eigenvalue weighted by Gasteiger charge is 2.04. The summed E-state index contributed by atoms with van der Waals surface area (Å²) in [5, 5.41) is 0. The topological polar surface area (TPSA) is 78.6 Å². The van der Waals surface area contributed by atoms with Gasteiger partial charge in [-0.15, -0.1) is 0 Å². The lowest BCUT2D eigenvalue weighted by Gasteiger charge is -2.04. The Kier molecular flexibility index (Phi) is 7.83. The lowest BCUT2D eigenvalue weighted by atomic mass is 10.3. The van der Waals surface area contributed by atoms with Crippen molar-refractivity contribution in [3.63, 3.8) is 0 Å². The Morgan fingerprint density at radius 2 is 1.71 bits per heavy atom. The van der Waals surface area contributed by atoms with Gasteiger partial charge in [-0.2, -0.15) is 0 Å². The predicted molar refractivity (Wildman–Crippen MR) is 50.2 cm³/mol. The van der Waals surface area contributed by atoms with Gasteiger partial charge in [0.25, 0.3) is 0 Å². The van der Waals surface area contributed by atoms with Gasteiger partial charge in [-0.3, -0.25) is 9.59 Å². The predicted octanol–water partition coefficient (Wildman–Crippen LogP) is 0.569. The van der Waals surface area contributed by atoms with E-state index in [0.717, 1.165) is 6.42 Å². The zero-order valence-electron chi connectivity index (χ0n) is 8.45. The van der Waals surface area contributed by atoms with Gasteiger partial charge >= 0.3 is 11.9 Å². The highest BCUT2D eigenvalue weighted by molar-refractivity contribution is 5.70. The number of esters is 2. The largest absolute Gasteiger partial charge is 0.428 e. The van der Waals surface area contributed by atoms with Crippen LogP contribution in [-0.4, -0.2) is 25.3 Å². The van der Waals surface area contributed by atoms with Crippen molar-refractivity contribution in [2.24, 2.45) is 5.73 Å². The van der Waals surface area contributed by atoms with E-state index in [1.54, 1.807) is 0 Å². The number of nitrogens with two attached hydrogens (primary N) is 1. The Balaban J connectivity index is 3.34. The molecule has 14 heavy (non-hydrogen) atoms. The molecule has 0 radical (unpaired) electrons. The molecule has 5 heteroatoms. The van der Waals surface area contributed by atoms with Crippen molar-refractivity contribution in [3.8, 4) is 0 Å². The molecule has 5 nitrogen and oxygen atoms in total. The van der Waals surface area contributed by atoms with Crippen LogP contribution in [0.25, 0.3) is 0 Å². The summed E-state index contributed by atoms with van der Waals surface area (Å²) in [7, 11) is 0. The van der Waals surface area contributed by atoms with Gasteiger partial charge in [-0.1, -0.05) is 6.92 Å². The average molecular weight is 203 g/mol. The van der Waals surface area contributed by atoms with Crippen molar-refractivity contribution in [2.75, 3.05) is 13.3 Å². The van der Waals surface area contributed by atoms with Crippen molar-refractivity contribution in [2.45, 2.75) is 32.6 Å². The number of carbonyl (C=O) groups excluding carboxylic acids is 2. The van der Waals surface area contributed by atoms with E-state index in [1.807, 2.05) is 6.92 Å². The summed E-state index contributed by atoms with van der Waals surface area (Å²) >= 11 is 0. The molecule has 0 aromatic heterocycles. The third kappa shape index (κ3) is 7.54. The summed E-state index contributed by atoms with van der Waals surface area (Å²) in [6.45, 7) is 2.03. The van der Waals surface area contributed by atoms with Gasteiger partial charge in [-0.25, -0.2) is 0 Å². The highest BCUT2D eigenvalue weighted by Crippen LogP contribution is 1.94. The van der Waals surface area contributed by atoms with Gasteiger partial charge in [0.2, 0.25) is 6.79 Å². The van der Waals surface area contributed by atoms with Crippen molar-refractivity contribution in [1.29, 1.82) is 0 Å². The first-order chi connectivity index (χ1) is 6.70. The standard InChI is InChI=1S/C9H17NO4/c1-2-4-8(11)13-7-14-9(12)5-3-6-10/h2-7,10H2,1H3. The third-order valence-electron chi connectivity index (χ3n) is 1.48. The quantitative estimate of drug-likeness (QED) is 0.483. The molecule has 0 saturated heterocycles. The van der Waals surface area contributed by atoms with E-state index in [9.17, 15) is 9.59 Å². The maximum Gasteiger partial charge on any atom is 0.308 e. The molecular formula is C9H17NO4. The maximum atomic E-state index is 10.9. The SMILES string of the molecule is CCCC(=O)OCOC(=O)CCCN. The molecule has 0 fully saturated rings. The van der Waals surface area contributed by atoms with Gasteiger partial charge in [0.15, 0.2) is 0 Å². The number of rotatable bonds is 7. The van der Waals surface area contributed by atoms with Gasteiger partial charge in [0.1, 0.15) is 0 Å². The van der Waals surface area contributed by atoms with Gasteiger partial charge in [0.05, 0.1) is 0 Å². The van der Waals surface area contributed by atoms with E-state index >= 15 is 0 Å². The first-order valence-electron chi connectivity index (χ1n) is 4.72. The number of hydrogen-bond donors (Lipinski definition) is 1. The van der Waals surface area contributed by atoms with Crippen LogP contribution in [0, 0.1) is 0 Å². The molecule has 0 atom stereocenters. The molecule has 2 N–H and O–H groups in total. The van der Waals surface area contributed by atoms with E-state index in [0.29, 0.717) is 19.4 Å². The fourth-order valence-electron chi connectivity index (χ4n) is 0.756. The van der Waals surface area contributed by atoms with E-state index in [2.05, 4.69) is 9.47 Å². The van der Waals surface area contributed by atoms with E-state index in [1.165, 1.54) is 0 Å². The fraction of sp³-hybridized carbons (Fsp3) is 0.778. The summed E-state index contributed by atoms with van der Waals surface area (Å²) in [6, 6.07) is 0. The Bertz CT molecular complexity index is 182. The normalized spacial score (nSPS) is 9.57. The average Bonchev–Trinajstić information content (AvgIpc) is 2.15. The lowest BCUT2D eigenvalue weighted by Crippen LogP contribution is -2.13. The summed E-state index contributed by atoms with van der Waals surface area (Å²) in [5.41, 5.74) is 5.20. The van der Waals surface area contributed by atoms with Crippen LogP contribution in [0.5, 0.6) is 0 Å². The molecule has 0 amide bonds. The minimum absolute atomic E-state index is 0.266. The molecular weight excluding hydrogens is 186 g/mol. The molecule has 0 aliphatic carbocycles. The first kappa shape index (κ1) is 12.9. The second-order valence-electron chi connectivity index (χ2n) is 2.79. The van der Waals surface area contributed by atoms with Crippen LogP contribution >= 0.6 is 0 Å². The molecule has 0 spiro atoms. The zero-order valence-corrected chi connectivity index (χ0v) is 8.45. The van der Waals surface area contributed by atoms with Crippen LogP contribution in [0.2, 0.25) is 0 Å². The number of carbonyl (C=O) groups is 2. The molecule has 0 heterocycles. The molecule has 0 aromatic rings. The van der Waals surface area contributed by atoms with E-state index in [4.69, 9.17) is 5.73 Å². The summed E-state index contributed by atoms with van der Waals surface area (Å²) < 4.78 is 9.24. The Morgan fingerprint density at radius 3 is 2.21 bits per heavy atom. The summed E-state index contributed by atoms with van der Waals surface area (Å²) in [6.07, 6.45) is 1.92. The highest BCUT2D eigenvalue weighted by atomic mass is 16.7. The molecule has 0 aliphatic rings. The molecule has 0 rings (SSSR count). The second-order valence-corrected chi connectivity index (χ2v) is 2.79. The Labute approximate surface area is 83.5 Å². The summed E-state index contributed by atoms with van der Waals surface area (Å²) in [5.74, 6) is -0.737. The van der Waals surface area contributed by atoms with E-state index in [-0.39, 0.29) is 25.2 Å². The summed E-state index contributed by atoms with van der Waals surface area (Å²) in [4.78, 5) is 21.7. The van der Waals surface area contributed by atoms with Crippen LogP contribution < -0.4 is 5.73 Å². The molecule has 0 aromatic carbocycles. The van der Waals surface area contributed by atoms with Gasteiger partial charge in [0, 0.05) is 12.8 Å². The fourth-order valence-corrected chi connectivity index (χ4v) is 0.756. The van der Waals surface area contributed by atoms with Crippen LogP contribution in [0.1, 0.15) is 32.6 Å². The van der Waals surface area contributed by atoms with Crippen LogP contribution in [-0.2, 0) is 19.1 Å². The number of hydrogen-bond acceptors (Lipinski definition) is 5. The maximum absolute atomic E-state index is 10.9. The van der Waals surface area contributed by atoms with Gasteiger partial charge < -0.3 is 15.2 Å². The lowest BCUT2D eigenvalue weighted by molar-refractivity contribution is -0.167. The first-order valence-corrected chi connectivity index (χ1v) is 4.72. The third-order valence-corrected chi connectivity index (χ3v) is 1.48. The van der Waals surface area contributed by atoms with Crippen LogP contribution in [0.3, 0.4) is 0 Å². The monoisotopic (exact) mass is 203 g/mol. The number of ether oxygens (including phenoxy) is 2. The minimum atomic E-state index is -0.389. The molecule has 82 valence electrons. The zero-order chi connectivity index (χ0) is 10.8. The minimum Gasteiger partial charge on any atom is -0.428 e. The van der Waals surface area contributed by atoms with Crippen LogP contribution in [0.15, 0.2) is 0 Å². The van der Waals surface area contributed by atoms with Crippen molar-refractivity contribution in [3.05, 3.63) is 0 Å². The van der Waals surface area contributed by atoms with Gasteiger partial charge in [-0.05, 0) is 19.4 Å². The van der Waals surface area contributed by atoms with Crippen molar-refractivity contribution in [1.82, 2.24) is 0 Å². The second kappa shape index (κ2) is 8.50. The van der Waals surface area contributed by atoms with E-state index < -0.39 is 0 Å². The molecule has 0 unspecified atom stereocenters. The Hall–Kier alpha value is -1.10. The molecule has 0 aliphatic heterocycles. The van der Waals surface area contributed by atoms with Crippen LogP contribution in [0.4, 0.5) is 0 Å².